The number of ether oxygens (including phenoxy) is 1. The van der Waals surface area contributed by atoms with Gasteiger partial charge in [-0.05, 0) is 71.9 Å². The summed E-state index contributed by atoms with van der Waals surface area (Å²) >= 11 is 0. The Balaban J connectivity index is 1.39. The van der Waals surface area contributed by atoms with E-state index in [1.807, 2.05) is 12.2 Å². The SMILES string of the molecule is CCCc1ccc(C(C(N)=O)(C2=CCC(C)C=C2)C2CCN(CC(=O)C3C=CC4=C(CCO4)C3C)C2)cc1. The first-order valence-corrected chi connectivity index (χ1v) is 14.4. The number of nitrogens with zero attached hydrogens (tertiary/aromatic N) is 1. The Morgan fingerprint density at radius 3 is 2.61 bits per heavy atom. The molecule has 2 aliphatic carbocycles. The van der Waals surface area contributed by atoms with Gasteiger partial charge in [0, 0.05) is 18.9 Å². The van der Waals surface area contributed by atoms with Crippen LogP contribution in [0.1, 0.15) is 57.6 Å². The average molecular weight is 515 g/mol. The average Bonchev–Trinajstić information content (AvgIpc) is 3.57. The minimum atomic E-state index is -0.905. The number of hydrogen-bond acceptors (Lipinski definition) is 4. The molecule has 2 aliphatic heterocycles. The monoisotopic (exact) mass is 514 g/mol. The fourth-order valence-electron chi connectivity index (χ4n) is 7.08. The van der Waals surface area contributed by atoms with Gasteiger partial charge in [0.15, 0.2) is 5.78 Å². The second kappa shape index (κ2) is 11.1. The highest BCUT2D eigenvalue weighted by Crippen LogP contribution is 2.46. The molecular formula is C33H42N2O3. The molecule has 0 saturated carbocycles. The number of hydrogen-bond donors (Lipinski definition) is 1. The van der Waals surface area contributed by atoms with E-state index in [0.29, 0.717) is 25.6 Å². The lowest BCUT2D eigenvalue weighted by atomic mass is 9.63. The van der Waals surface area contributed by atoms with Gasteiger partial charge in [-0.2, -0.15) is 0 Å². The minimum Gasteiger partial charge on any atom is -0.493 e. The molecule has 0 spiro atoms. The summed E-state index contributed by atoms with van der Waals surface area (Å²) in [7, 11) is 0. The van der Waals surface area contributed by atoms with Crippen molar-refractivity contribution in [3.8, 4) is 0 Å². The molecule has 5 rings (SSSR count). The molecule has 4 aliphatic rings. The maximum Gasteiger partial charge on any atom is 0.232 e. The lowest BCUT2D eigenvalue weighted by Gasteiger charge is -2.39. The molecule has 38 heavy (non-hydrogen) atoms. The van der Waals surface area contributed by atoms with Crippen LogP contribution < -0.4 is 5.73 Å². The van der Waals surface area contributed by atoms with Gasteiger partial charge < -0.3 is 10.5 Å². The van der Waals surface area contributed by atoms with Gasteiger partial charge in [-0.15, -0.1) is 0 Å². The van der Waals surface area contributed by atoms with E-state index in [9.17, 15) is 9.59 Å². The third-order valence-corrected chi connectivity index (χ3v) is 9.23. The van der Waals surface area contributed by atoms with E-state index in [1.165, 1.54) is 11.1 Å². The number of primary amides is 1. The van der Waals surface area contributed by atoms with Crippen molar-refractivity contribution in [3.05, 3.63) is 82.7 Å². The summed E-state index contributed by atoms with van der Waals surface area (Å²) in [5.74, 6) is 1.41. The van der Waals surface area contributed by atoms with E-state index in [4.69, 9.17) is 10.5 Å². The van der Waals surface area contributed by atoms with E-state index in [1.54, 1.807) is 0 Å². The molecule has 0 radical (unpaired) electrons. The van der Waals surface area contributed by atoms with Crippen LogP contribution in [0.2, 0.25) is 0 Å². The normalized spacial score (nSPS) is 28.6. The molecule has 1 amide bonds. The lowest BCUT2D eigenvalue weighted by Crippen LogP contribution is -2.50. The zero-order valence-electron chi connectivity index (χ0n) is 23.1. The fraction of sp³-hybridized carbons (Fsp3) is 0.515. The number of rotatable bonds is 9. The number of amides is 1. The molecule has 1 aromatic carbocycles. The standard InChI is InChI=1S/C33H42N2O3/c1-4-5-24-8-12-26(13-9-24)33(32(34)37,25-10-6-22(2)7-11-25)27-16-18-35(20-27)21-30(36)28-14-15-31-29(23(28)3)17-19-38-31/h6,8-15,22-23,27-28H,4-5,7,16-21H2,1-3H3,(H2,34,37). The summed E-state index contributed by atoms with van der Waals surface area (Å²) in [6, 6.07) is 8.52. The van der Waals surface area contributed by atoms with Crippen LogP contribution in [-0.2, 0) is 26.2 Å². The first kappa shape index (κ1) is 26.7. The molecule has 5 atom stereocenters. The van der Waals surface area contributed by atoms with Gasteiger partial charge >= 0.3 is 0 Å². The zero-order chi connectivity index (χ0) is 26.9. The van der Waals surface area contributed by atoms with E-state index in [0.717, 1.165) is 55.5 Å². The number of nitrogens with two attached hydrogens (primary N) is 1. The van der Waals surface area contributed by atoms with Crippen LogP contribution in [0.25, 0.3) is 0 Å². The number of allylic oxidation sites excluding steroid dienone is 5. The van der Waals surface area contributed by atoms with Crippen molar-refractivity contribution in [1.29, 1.82) is 0 Å². The third-order valence-electron chi connectivity index (χ3n) is 9.23. The number of aryl methyl sites for hydroxylation is 1. The van der Waals surface area contributed by atoms with Gasteiger partial charge in [-0.1, -0.05) is 75.8 Å². The second-order valence-electron chi connectivity index (χ2n) is 11.7. The van der Waals surface area contributed by atoms with Crippen LogP contribution in [0.5, 0.6) is 0 Å². The summed E-state index contributed by atoms with van der Waals surface area (Å²) in [5.41, 5.74) is 9.97. The Kier molecular flexibility index (Phi) is 7.76. The van der Waals surface area contributed by atoms with Gasteiger partial charge in [0.05, 0.1) is 13.2 Å². The zero-order valence-corrected chi connectivity index (χ0v) is 23.1. The summed E-state index contributed by atoms with van der Waals surface area (Å²) in [6.45, 7) is 9.08. The van der Waals surface area contributed by atoms with Crippen molar-refractivity contribution in [2.24, 2.45) is 29.4 Å². The molecule has 2 heterocycles. The molecule has 5 heteroatoms. The van der Waals surface area contributed by atoms with Gasteiger partial charge in [0.25, 0.3) is 0 Å². The van der Waals surface area contributed by atoms with Crippen molar-refractivity contribution in [3.63, 3.8) is 0 Å². The first-order chi connectivity index (χ1) is 18.3. The van der Waals surface area contributed by atoms with Crippen molar-refractivity contribution in [2.45, 2.75) is 58.3 Å². The Morgan fingerprint density at radius 1 is 1.13 bits per heavy atom. The van der Waals surface area contributed by atoms with Gasteiger partial charge in [0.1, 0.15) is 11.2 Å². The van der Waals surface area contributed by atoms with Crippen molar-refractivity contribution in [2.75, 3.05) is 26.2 Å². The summed E-state index contributed by atoms with van der Waals surface area (Å²) < 4.78 is 5.71. The molecule has 5 unspecified atom stereocenters. The number of carbonyl (C=O) groups excluding carboxylic acids is 2. The largest absolute Gasteiger partial charge is 0.493 e. The van der Waals surface area contributed by atoms with E-state index in [-0.39, 0.29) is 29.4 Å². The van der Waals surface area contributed by atoms with Crippen LogP contribution in [0, 0.1) is 23.7 Å². The number of ketones is 1. The topological polar surface area (TPSA) is 72.6 Å². The summed E-state index contributed by atoms with van der Waals surface area (Å²) in [4.78, 5) is 29.3. The van der Waals surface area contributed by atoms with E-state index < -0.39 is 5.41 Å². The van der Waals surface area contributed by atoms with Gasteiger partial charge in [0.2, 0.25) is 5.91 Å². The lowest BCUT2D eigenvalue weighted by molar-refractivity contribution is -0.123. The Hall–Kier alpha value is -2.92. The molecule has 0 bridgehead atoms. The smallest absolute Gasteiger partial charge is 0.232 e. The molecule has 0 aromatic heterocycles. The highest BCUT2D eigenvalue weighted by Gasteiger charge is 2.50. The molecule has 2 N–H and O–H groups in total. The minimum absolute atomic E-state index is 0.00555. The predicted molar refractivity (Wildman–Crippen MR) is 151 cm³/mol. The summed E-state index contributed by atoms with van der Waals surface area (Å²) in [5, 5.41) is 0. The molecule has 202 valence electrons. The third kappa shape index (κ3) is 4.82. The fourth-order valence-corrected chi connectivity index (χ4v) is 7.08. The Bertz CT molecular complexity index is 1190. The van der Waals surface area contributed by atoms with Crippen LogP contribution in [0.3, 0.4) is 0 Å². The van der Waals surface area contributed by atoms with E-state index in [2.05, 4.69) is 68.2 Å². The molecule has 1 aromatic rings. The maximum atomic E-state index is 13.6. The van der Waals surface area contributed by atoms with Crippen LogP contribution >= 0.6 is 0 Å². The van der Waals surface area contributed by atoms with Crippen LogP contribution in [0.15, 0.2) is 71.6 Å². The van der Waals surface area contributed by atoms with Gasteiger partial charge in [-0.3, -0.25) is 14.5 Å². The molecule has 1 fully saturated rings. The molecule has 5 nitrogen and oxygen atoms in total. The van der Waals surface area contributed by atoms with E-state index >= 15 is 0 Å². The number of carbonyl (C=O) groups is 2. The molecule has 1 saturated heterocycles. The molecular weight excluding hydrogens is 472 g/mol. The summed E-state index contributed by atoms with van der Waals surface area (Å²) in [6.07, 6.45) is 15.3. The van der Waals surface area contributed by atoms with Crippen molar-refractivity contribution in [1.82, 2.24) is 4.90 Å². The second-order valence-corrected chi connectivity index (χ2v) is 11.7. The highest BCUT2D eigenvalue weighted by molar-refractivity contribution is 5.92. The maximum absolute atomic E-state index is 13.6. The van der Waals surface area contributed by atoms with Crippen molar-refractivity contribution >= 4 is 11.7 Å². The highest BCUT2D eigenvalue weighted by atomic mass is 16.5. The Morgan fingerprint density at radius 2 is 1.92 bits per heavy atom. The number of Topliss-reactive ketones (excluding diaryl/α,β-unsaturated/α-hetero) is 1. The quantitative estimate of drug-likeness (QED) is 0.487. The Labute approximate surface area is 227 Å². The van der Waals surface area contributed by atoms with Crippen molar-refractivity contribution < 1.29 is 14.3 Å². The van der Waals surface area contributed by atoms with Crippen LogP contribution in [-0.4, -0.2) is 42.8 Å². The predicted octanol–water partition coefficient (Wildman–Crippen LogP) is 5.27. The number of likely N-dealkylation sites (tertiary alicyclic amines) is 1. The first-order valence-electron chi connectivity index (χ1n) is 14.4. The van der Waals surface area contributed by atoms with Crippen LogP contribution in [0.4, 0.5) is 0 Å². The number of benzene rings is 1. The van der Waals surface area contributed by atoms with Gasteiger partial charge in [-0.25, -0.2) is 0 Å².